The summed E-state index contributed by atoms with van der Waals surface area (Å²) in [5.41, 5.74) is 0. The Kier molecular flexibility index (Phi) is 58.1. The van der Waals surface area contributed by atoms with Gasteiger partial charge >= 0.3 is 17.9 Å². The molecule has 426 valence electrons. The van der Waals surface area contributed by atoms with Gasteiger partial charge in [-0.05, 0) is 141 Å². The molecule has 0 saturated heterocycles. The maximum atomic E-state index is 12.9. The van der Waals surface area contributed by atoms with E-state index in [1.807, 2.05) is 12.2 Å². The molecule has 0 amide bonds. The largest absolute Gasteiger partial charge is 0.462 e. The van der Waals surface area contributed by atoms with E-state index in [0.717, 1.165) is 141 Å². The molecule has 0 aromatic carbocycles. The second-order valence-corrected chi connectivity index (χ2v) is 18.8. The Balaban J connectivity index is 4.58. The molecule has 6 nitrogen and oxygen atoms in total. The molecule has 0 radical (unpaired) electrons. The minimum absolute atomic E-state index is 0.146. The van der Waals surface area contributed by atoms with E-state index in [0.29, 0.717) is 12.8 Å². The summed E-state index contributed by atoms with van der Waals surface area (Å²) in [7, 11) is 0. The molecule has 0 aromatic heterocycles. The Labute approximate surface area is 471 Å². The Morgan fingerprint density at radius 2 is 0.506 bits per heavy atom. The zero-order valence-electron chi connectivity index (χ0n) is 48.6. The predicted molar refractivity (Wildman–Crippen MR) is 334 cm³/mol. The molecular formula is C71H106O6. The number of rotatable bonds is 51. The van der Waals surface area contributed by atoms with Crippen LogP contribution in [0.3, 0.4) is 0 Å². The monoisotopic (exact) mass is 1050 g/mol. The Morgan fingerprint density at radius 3 is 0.844 bits per heavy atom. The predicted octanol–water partition coefficient (Wildman–Crippen LogP) is 20.6. The van der Waals surface area contributed by atoms with Crippen molar-refractivity contribution in [2.75, 3.05) is 13.2 Å². The van der Waals surface area contributed by atoms with Gasteiger partial charge in [-0.25, -0.2) is 0 Å². The van der Waals surface area contributed by atoms with E-state index in [1.165, 1.54) is 19.3 Å². The van der Waals surface area contributed by atoms with E-state index in [4.69, 9.17) is 14.2 Å². The quantitative estimate of drug-likeness (QED) is 0.0261. The first-order chi connectivity index (χ1) is 38.0. The molecule has 0 aliphatic carbocycles. The molecule has 0 spiro atoms. The highest BCUT2D eigenvalue weighted by Gasteiger charge is 2.19. The normalized spacial score (nSPS) is 13.5. The first kappa shape index (κ1) is 71.2. The van der Waals surface area contributed by atoms with Gasteiger partial charge in [0.2, 0.25) is 0 Å². The van der Waals surface area contributed by atoms with Crippen molar-refractivity contribution in [1.82, 2.24) is 0 Å². The fourth-order valence-electron chi connectivity index (χ4n) is 7.23. The lowest BCUT2D eigenvalue weighted by Gasteiger charge is -2.18. The van der Waals surface area contributed by atoms with Crippen LogP contribution in [0, 0.1) is 0 Å². The van der Waals surface area contributed by atoms with Gasteiger partial charge in [-0.2, -0.15) is 0 Å². The molecule has 0 fully saturated rings. The summed E-state index contributed by atoms with van der Waals surface area (Å²) in [6, 6.07) is 0. The third-order valence-corrected chi connectivity index (χ3v) is 11.6. The minimum Gasteiger partial charge on any atom is -0.462 e. The average Bonchev–Trinajstić information content (AvgIpc) is 3.43. The Morgan fingerprint density at radius 1 is 0.260 bits per heavy atom. The van der Waals surface area contributed by atoms with Gasteiger partial charge in [-0.3, -0.25) is 14.4 Å². The summed E-state index contributed by atoms with van der Waals surface area (Å²) in [5.74, 6) is -1.11. The lowest BCUT2D eigenvalue weighted by Crippen LogP contribution is -2.30. The summed E-state index contributed by atoms with van der Waals surface area (Å²) < 4.78 is 16.7. The second-order valence-electron chi connectivity index (χ2n) is 18.8. The molecule has 0 aromatic rings. The number of esters is 3. The van der Waals surface area contributed by atoms with Crippen LogP contribution < -0.4 is 0 Å². The molecule has 6 heteroatoms. The fraction of sp³-hybridized carbons (Fsp3) is 0.507. The molecule has 0 aliphatic rings. The number of hydrogen-bond donors (Lipinski definition) is 0. The second kappa shape index (κ2) is 62.8. The first-order valence-corrected chi connectivity index (χ1v) is 29.9. The lowest BCUT2D eigenvalue weighted by molar-refractivity contribution is -0.166. The summed E-state index contributed by atoms with van der Waals surface area (Å²) >= 11 is 0. The molecule has 1 unspecified atom stereocenters. The third kappa shape index (κ3) is 61.0. The molecular weight excluding hydrogens is 949 g/mol. The SMILES string of the molecule is CC/C=C\C/C=C\C/C=C\C/C=C\C/C=C\C/C=C\C/C=C\CCCC(=O)OCC(COC(=O)CC/C=C\C/C=C\C/C=C\C/C=C\CC)OC(=O)CCCCCCCCC/C=C\C/C=C\C/C=C\C/C=C\C/C=C\CC. The van der Waals surface area contributed by atoms with Crippen molar-refractivity contribution in [3.05, 3.63) is 194 Å². The van der Waals surface area contributed by atoms with Crippen LogP contribution in [0.2, 0.25) is 0 Å². The molecule has 0 aliphatic heterocycles. The Hall–Kier alpha value is -5.75. The van der Waals surface area contributed by atoms with Crippen molar-refractivity contribution < 1.29 is 28.6 Å². The highest BCUT2D eigenvalue weighted by atomic mass is 16.6. The van der Waals surface area contributed by atoms with Gasteiger partial charge in [0.05, 0.1) is 0 Å². The van der Waals surface area contributed by atoms with Gasteiger partial charge in [0.15, 0.2) is 6.10 Å². The van der Waals surface area contributed by atoms with Gasteiger partial charge in [-0.1, -0.05) is 247 Å². The zero-order valence-corrected chi connectivity index (χ0v) is 48.6. The highest BCUT2D eigenvalue weighted by molar-refractivity contribution is 5.71. The number of allylic oxidation sites excluding steroid dienone is 32. The number of ether oxygens (including phenoxy) is 3. The van der Waals surface area contributed by atoms with Crippen LogP contribution in [0.15, 0.2) is 194 Å². The highest BCUT2D eigenvalue weighted by Crippen LogP contribution is 2.12. The van der Waals surface area contributed by atoms with E-state index < -0.39 is 6.10 Å². The lowest BCUT2D eigenvalue weighted by atomic mass is 10.1. The van der Waals surface area contributed by atoms with E-state index >= 15 is 0 Å². The fourth-order valence-corrected chi connectivity index (χ4v) is 7.23. The van der Waals surface area contributed by atoms with Crippen molar-refractivity contribution in [3.63, 3.8) is 0 Å². The van der Waals surface area contributed by atoms with Gasteiger partial charge in [0.1, 0.15) is 13.2 Å². The Bertz CT molecular complexity index is 1880. The molecule has 1 atom stereocenters. The third-order valence-electron chi connectivity index (χ3n) is 11.6. The van der Waals surface area contributed by atoms with E-state index in [1.54, 1.807) is 0 Å². The molecule has 77 heavy (non-hydrogen) atoms. The molecule has 0 rings (SSSR count). The molecule has 0 N–H and O–H groups in total. The van der Waals surface area contributed by atoms with Crippen molar-refractivity contribution in [3.8, 4) is 0 Å². The van der Waals surface area contributed by atoms with Crippen LogP contribution in [0.1, 0.15) is 213 Å². The van der Waals surface area contributed by atoms with Crippen LogP contribution in [-0.2, 0) is 28.6 Å². The molecule has 0 saturated carbocycles. The zero-order chi connectivity index (χ0) is 55.7. The summed E-state index contributed by atoms with van der Waals surface area (Å²) in [5, 5.41) is 0. The average molecular weight is 1060 g/mol. The number of hydrogen-bond acceptors (Lipinski definition) is 6. The van der Waals surface area contributed by atoms with Crippen molar-refractivity contribution in [2.45, 2.75) is 219 Å². The van der Waals surface area contributed by atoms with Crippen LogP contribution in [0.25, 0.3) is 0 Å². The van der Waals surface area contributed by atoms with E-state index in [-0.39, 0.29) is 50.4 Å². The van der Waals surface area contributed by atoms with Gasteiger partial charge in [0, 0.05) is 19.3 Å². The van der Waals surface area contributed by atoms with Crippen molar-refractivity contribution in [1.29, 1.82) is 0 Å². The number of carbonyl (C=O) groups is 3. The smallest absolute Gasteiger partial charge is 0.306 e. The number of unbranched alkanes of at least 4 members (excludes halogenated alkanes) is 8. The topological polar surface area (TPSA) is 78.9 Å². The van der Waals surface area contributed by atoms with Crippen LogP contribution >= 0.6 is 0 Å². The van der Waals surface area contributed by atoms with E-state index in [9.17, 15) is 14.4 Å². The standard InChI is InChI=1S/C71H106O6/c1-4-7-10-13-16-19-22-25-27-29-31-33-35-37-39-41-43-46-49-52-55-58-61-64-70(73)76-67-68(66-75-69(72)63-60-57-54-51-48-45-24-21-18-15-12-9-6-3)77-71(74)65-62-59-56-53-50-47-44-42-40-38-36-34-32-30-28-26-23-20-17-14-11-8-5-2/h7-12,16-21,25-28,31-34,37-40,43,45-46,48,52,54-55,57,68H,4-6,13-15,22-24,29-30,35-36,41-42,44,47,49-51,53,56,58-67H2,1-3H3/b10-7-,11-8-,12-9-,19-16-,20-17-,21-18-,27-25-,28-26-,33-31-,34-32-,39-37-,40-38-,46-43-,48-45-,55-52-,57-54-. The maximum absolute atomic E-state index is 12.9. The molecule has 0 heterocycles. The summed E-state index contributed by atoms with van der Waals surface area (Å²) in [4.78, 5) is 38.2. The summed E-state index contributed by atoms with van der Waals surface area (Å²) in [6.07, 6.45) is 95.9. The van der Waals surface area contributed by atoms with Crippen molar-refractivity contribution >= 4 is 17.9 Å². The van der Waals surface area contributed by atoms with Crippen molar-refractivity contribution in [2.24, 2.45) is 0 Å². The van der Waals surface area contributed by atoms with Crippen LogP contribution in [0.5, 0.6) is 0 Å². The van der Waals surface area contributed by atoms with Gasteiger partial charge in [-0.15, -0.1) is 0 Å². The molecule has 0 bridgehead atoms. The minimum atomic E-state index is -0.850. The first-order valence-electron chi connectivity index (χ1n) is 29.9. The maximum Gasteiger partial charge on any atom is 0.306 e. The van der Waals surface area contributed by atoms with Crippen LogP contribution in [0.4, 0.5) is 0 Å². The van der Waals surface area contributed by atoms with Gasteiger partial charge < -0.3 is 14.2 Å². The van der Waals surface area contributed by atoms with Crippen LogP contribution in [-0.4, -0.2) is 37.2 Å². The van der Waals surface area contributed by atoms with E-state index in [2.05, 4.69) is 203 Å². The van der Waals surface area contributed by atoms with Gasteiger partial charge in [0.25, 0.3) is 0 Å². The number of carbonyl (C=O) groups excluding carboxylic acids is 3. The summed E-state index contributed by atoms with van der Waals surface area (Å²) in [6.45, 7) is 6.15.